The van der Waals surface area contributed by atoms with Crippen LogP contribution in [0.1, 0.15) is 10.4 Å². The Kier molecular flexibility index (Phi) is 4.89. The molecule has 0 heterocycles. The second-order valence-electron chi connectivity index (χ2n) is 3.58. The molecule has 0 amide bonds. The molecule has 0 aliphatic rings. The summed E-state index contributed by atoms with van der Waals surface area (Å²) in [6.45, 7) is 0.735. The van der Waals surface area contributed by atoms with E-state index in [1.807, 2.05) is 19.0 Å². The van der Waals surface area contributed by atoms with Gasteiger partial charge in [-0.05, 0) is 26.2 Å². The van der Waals surface area contributed by atoms with E-state index >= 15 is 0 Å². The van der Waals surface area contributed by atoms with E-state index in [2.05, 4.69) is 0 Å². The minimum Gasteiger partial charge on any atom is -0.309 e. The number of carbonyl (C=O) groups is 1. The van der Waals surface area contributed by atoms with Crippen LogP contribution in [0.3, 0.4) is 0 Å². The van der Waals surface area contributed by atoms with Crippen LogP contribution in [0.2, 0.25) is 0 Å². The molecule has 2 nitrogen and oxygen atoms in total. The van der Waals surface area contributed by atoms with Gasteiger partial charge in [0, 0.05) is 17.9 Å². The molecule has 16 heavy (non-hydrogen) atoms. The van der Waals surface area contributed by atoms with E-state index in [4.69, 9.17) is 0 Å². The largest absolute Gasteiger partial charge is 0.309 e. The Morgan fingerprint density at radius 3 is 2.31 bits per heavy atom. The van der Waals surface area contributed by atoms with Crippen molar-refractivity contribution in [2.75, 3.05) is 26.4 Å². The quantitative estimate of drug-likeness (QED) is 0.587. The fourth-order valence-corrected chi connectivity index (χ4v) is 2.17. The summed E-state index contributed by atoms with van der Waals surface area (Å²) in [5.41, 5.74) is 0.0203. The predicted octanol–water partition coefficient (Wildman–Crippen LogP) is 2.43. The maximum Gasteiger partial charge on any atom is 0.150 e. The van der Waals surface area contributed by atoms with Crippen LogP contribution in [0.15, 0.2) is 17.0 Å². The molecule has 1 rings (SSSR count). The van der Waals surface area contributed by atoms with Gasteiger partial charge in [-0.2, -0.15) is 0 Å². The van der Waals surface area contributed by atoms with Crippen molar-refractivity contribution in [3.8, 4) is 0 Å². The lowest BCUT2D eigenvalue weighted by Crippen LogP contribution is -2.14. The predicted molar refractivity (Wildman–Crippen MR) is 61.0 cm³/mol. The lowest BCUT2D eigenvalue weighted by Gasteiger charge is -2.09. The number of hydrogen-bond donors (Lipinski definition) is 0. The molecule has 1 aromatic carbocycles. The fraction of sp³-hybridized carbons (Fsp3) is 0.364. The second-order valence-corrected chi connectivity index (χ2v) is 4.69. The summed E-state index contributed by atoms with van der Waals surface area (Å²) < 4.78 is 26.8. The highest BCUT2D eigenvalue weighted by Crippen LogP contribution is 2.25. The molecule has 0 atom stereocenters. The molecule has 0 saturated carbocycles. The SMILES string of the molecule is CN(C)CCSc1c(F)cc(C=O)cc1F. The first kappa shape index (κ1) is 13.1. The van der Waals surface area contributed by atoms with E-state index in [-0.39, 0.29) is 10.5 Å². The van der Waals surface area contributed by atoms with E-state index in [9.17, 15) is 13.6 Å². The third-order valence-corrected chi connectivity index (χ3v) is 3.01. The van der Waals surface area contributed by atoms with Crippen molar-refractivity contribution in [2.24, 2.45) is 0 Å². The first-order valence-corrected chi connectivity index (χ1v) is 5.75. The van der Waals surface area contributed by atoms with Gasteiger partial charge in [0.1, 0.15) is 17.9 Å². The number of carbonyl (C=O) groups excluding carboxylic acids is 1. The standard InChI is InChI=1S/C11H13F2NOS/c1-14(2)3-4-16-11-9(12)5-8(7-15)6-10(11)13/h5-7H,3-4H2,1-2H3. The molecule has 0 aromatic heterocycles. The van der Waals surface area contributed by atoms with Gasteiger partial charge in [-0.25, -0.2) is 8.78 Å². The van der Waals surface area contributed by atoms with Crippen LogP contribution in [-0.4, -0.2) is 37.6 Å². The Bertz CT molecular complexity index is 359. The van der Waals surface area contributed by atoms with Crippen molar-refractivity contribution in [2.45, 2.75) is 4.90 Å². The average Bonchev–Trinajstić information content (AvgIpc) is 2.21. The van der Waals surface area contributed by atoms with E-state index in [0.717, 1.165) is 30.4 Å². The zero-order valence-corrected chi connectivity index (χ0v) is 9.98. The first-order valence-electron chi connectivity index (χ1n) is 4.76. The number of rotatable bonds is 5. The molecule has 0 unspecified atom stereocenters. The number of nitrogens with zero attached hydrogens (tertiary/aromatic N) is 1. The monoisotopic (exact) mass is 245 g/mol. The van der Waals surface area contributed by atoms with Crippen molar-refractivity contribution in [1.29, 1.82) is 0 Å². The smallest absolute Gasteiger partial charge is 0.150 e. The fourth-order valence-electron chi connectivity index (χ4n) is 1.12. The number of aldehydes is 1. The lowest BCUT2D eigenvalue weighted by molar-refractivity contribution is 0.112. The van der Waals surface area contributed by atoms with Gasteiger partial charge in [0.2, 0.25) is 0 Å². The van der Waals surface area contributed by atoms with Gasteiger partial charge in [0.15, 0.2) is 0 Å². The molecule has 0 spiro atoms. The Labute approximate surface area is 97.6 Å². The molecule has 0 N–H and O–H groups in total. The van der Waals surface area contributed by atoms with Gasteiger partial charge in [0.25, 0.3) is 0 Å². The molecule has 0 aliphatic heterocycles. The van der Waals surface area contributed by atoms with Crippen molar-refractivity contribution in [1.82, 2.24) is 4.90 Å². The number of benzene rings is 1. The third-order valence-electron chi connectivity index (χ3n) is 1.94. The summed E-state index contributed by atoms with van der Waals surface area (Å²) in [7, 11) is 3.78. The minimum absolute atomic E-state index is 0.0203. The molecule has 0 saturated heterocycles. The van der Waals surface area contributed by atoms with Gasteiger partial charge in [-0.15, -0.1) is 11.8 Å². The van der Waals surface area contributed by atoms with Crippen molar-refractivity contribution >= 4 is 18.0 Å². The molecule has 0 fully saturated rings. The Hall–Kier alpha value is -0.940. The maximum absolute atomic E-state index is 13.4. The van der Waals surface area contributed by atoms with Crippen molar-refractivity contribution < 1.29 is 13.6 Å². The van der Waals surface area contributed by atoms with Crippen LogP contribution in [0.5, 0.6) is 0 Å². The van der Waals surface area contributed by atoms with Gasteiger partial charge in [0.05, 0.1) is 4.90 Å². The average molecular weight is 245 g/mol. The summed E-state index contributed by atoms with van der Waals surface area (Å²) >= 11 is 1.11. The molecule has 88 valence electrons. The Morgan fingerprint density at radius 2 is 1.88 bits per heavy atom. The lowest BCUT2D eigenvalue weighted by atomic mass is 10.2. The van der Waals surface area contributed by atoms with Gasteiger partial charge in [-0.3, -0.25) is 4.79 Å². The van der Waals surface area contributed by atoms with Crippen LogP contribution in [0, 0.1) is 11.6 Å². The highest BCUT2D eigenvalue weighted by molar-refractivity contribution is 7.99. The van der Waals surface area contributed by atoms with Gasteiger partial charge >= 0.3 is 0 Å². The van der Waals surface area contributed by atoms with Crippen LogP contribution in [0.4, 0.5) is 8.78 Å². The summed E-state index contributed by atoms with van der Waals surface area (Å²) in [5, 5.41) is 0. The Morgan fingerprint density at radius 1 is 1.31 bits per heavy atom. The highest BCUT2D eigenvalue weighted by atomic mass is 32.2. The molecule has 5 heteroatoms. The molecule has 0 aliphatic carbocycles. The maximum atomic E-state index is 13.4. The number of thioether (sulfide) groups is 1. The third kappa shape index (κ3) is 3.57. The van der Waals surface area contributed by atoms with Crippen LogP contribution < -0.4 is 0 Å². The van der Waals surface area contributed by atoms with Crippen LogP contribution in [0.25, 0.3) is 0 Å². The van der Waals surface area contributed by atoms with Crippen molar-refractivity contribution in [3.63, 3.8) is 0 Å². The van der Waals surface area contributed by atoms with Crippen molar-refractivity contribution in [3.05, 3.63) is 29.3 Å². The molecule has 0 radical (unpaired) electrons. The van der Waals surface area contributed by atoms with E-state index in [0.29, 0.717) is 12.0 Å². The van der Waals surface area contributed by atoms with E-state index in [1.165, 1.54) is 0 Å². The number of halogens is 2. The second kappa shape index (κ2) is 5.96. The Balaban J connectivity index is 2.76. The summed E-state index contributed by atoms with van der Waals surface area (Å²) in [4.78, 5) is 12.3. The topological polar surface area (TPSA) is 20.3 Å². The van der Waals surface area contributed by atoms with Crippen LogP contribution >= 0.6 is 11.8 Å². The van der Waals surface area contributed by atoms with Gasteiger partial charge in [-0.1, -0.05) is 0 Å². The summed E-state index contributed by atoms with van der Waals surface area (Å²) in [6.07, 6.45) is 0.431. The summed E-state index contributed by atoms with van der Waals surface area (Å²) in [6, 6.07) is 2.10. The molecular formula is C11H13F2NOS. The minimum atomic E-state index is -0.675. The first-order chi connectivity index (χ1) is 7.54. The normalized spacial score (nSPS) is 10.8. The molecule has 0 bridgehead atoms. The summed E-state index contributed by atoms with van der Waals surface area (Å²) in [5.74, 6) is -0.752. The van der Waals surface area contributed by atoms with Gasteiger partial charge < -0.3 is 4.90 Å². The molecular weight excluding hydrogens is 232 g/mol. The van der Waals surface area contributed by atoms with Crippen LogP contribution in [-0.2, 0) is 0 Å². The van der Waals surface area contributed by atoms with E-state index < -0.39 is 11.6 Å². The van der Waals surface area contributed by atoms with E-state index in [1.54, 1.807) is 0 Å². The zero-order chi connectivity index (χ0) is 12.1. The number of hydrogen-bond acceptors (Lipinski definition) is 3. The highest BCUT2D eigenvalue weighted by Gasteiger charge is 2.11. The zero-order valence-electron chi connectivity index (χ0n) is 9.17. The molecule has 1 aromatic rings.